The first-order valence-corrected chi connectivity index (χ1v) is 8.29. The molecule has 0 aromatic rings. The molecule has 8 nitrogen and oxygen atoms in total. The SMILES string of the molecule is CCCC(O)O.CCCCCC(O)O.O=C([O-])CCCCC(=O)[O-]. The van der Waals surface area contributed by atoms with Gasteiger partial charge in [-0.25, -0.2) is 0 Å². The summed E-state index contributed by atoms with van der Waals surface area (Å²) in [6.07, 6.45) is 3.33. The summed E-state index contributed by atoms with van der Waals surface area (Å²) in [4.78, 5) is 19.5. The molecule has 0 aliphatic carbocycles. The first-order chi connectivity index (χ1) is 11.2. The van der Waals surface area contributed by atoms with E-state index in [1.807, 2.05) is 6.92 Å². The van der Waals surface area contributed by atoms with Gasteiger partial charge in [-0.3, -0.25) is 0 Å². The molecule has 0 rings (SSSR count). The van der Waals surface area contributed by atoms with Gasteiger partial charge < -0.3 is 40.2 Å². The zero-order valence-electron chi connectivity index (χ0n) is 14.6. The van der Waals surface area contributed by atoms with E-state index in [-0.39, 0.29) is 12.8 Å². The molecule has 0 radical (unpaired) electrons. The Bertz CT molecular complexity index is 263. The van der Waals surface area contributed by atoms with Crippen LogP contribution in [0.5, 0.6) is 0 Å². The van der Waals surface area contributed by atoms with Crippen LogP contribution in [0.15, 0.2) is 0 Å². The molecule has 0 bridgehead atoms. The van der Waals surface area contributed by atoms with Gasteiger partial charge in [0, 0.05) is 11.9 Å². The average Bonchev–Trinajstić information content (AvgIpc) is 2.44. The number of carboxylic acids is 2. The maximum atomic E-state index is 9.77. The highest BCUT2D eigenvalue weighted by atomic mass is 16.5. The third-order valence-electron chi connectivity index (χ3n) is 2.62. The Hall–Kier alpha value is -1.22. The van der Waals surface area contributed by atoms with Crippen LogP contribution in [0.1, 0.15) is 78.1 Å². The molecular weight excluding hydrogens is 320 g/mol. The number of carbonyl (C=O) groups is 2. The molecule has 0 unspecified atom stereocenters. The van der Waals surface area contributed by atoms with E-state index < -0.39 is 24.5 Å². The van der Waals surface area contributed by atoms with Crippen molar-refractivity contribution in [1.82, 2.24) is 0 Å². The lowest BCUT2D eigenvalue weighted by molar-refractivity contribution is -0.308. The molecular formula is C16H32O8-2. The number of carbonyl (C=O) groups excluding carboxylic acids is 2. The van der Waals surface area contributed by atoms with Crippen molar-refractivity contribution in [3.63, 3.8) is 0 Å². The molecule has 0 atom stereocenters. The van der Waals surface area contributed by atoms with Crippen LogP contribution in [0.2, 0.25) is 0 Å². The van der Waals surface area contributed by atoms with Gasteiger partial charge in [-0.2, -0.15) is 0 Å². The van der Waals surface area contributed by atoms with E-state index in [1.54, 1.807) is 0 Å². The second-order valence-electron chi connectivity index (χ2n) is 5.20. The molecule has 0 fully saturated rings. The zero-order chi connectivity index (χ0) is 19.4. The number of unbranched alkanes of at least 4 members (excludes halogenated alkanes) is 3. The van der Waals surface area contributed by atoms with Crippen LogP contribution in [0.25, 0.3) is 0 Å². The fraction of sp³-hybridized carbons (Fsp3) is 0.875. The largest absolute Gasteiger partial charge is 0.550 e. The van der Waals surface area contributed by atoms with Gasteiger partial charge in [-0.15, -0.1) is 0 Å². The number of hydrogen-bond acceptors (Lipinski definition) is 8. The molecule has 0 saturated heterocycles. The van der Waals surface area contributed by atoms with E-state index in [0.717, 1.165) is 25.7 Å². The third-order valence-corrected chi connectivity index (χ3v) is 2.62. The highest BCUT2D eigenvalue weighted by Gasteiger charge is 1.93. The number of rotatable bonds is 11. The summed E-state index contributed by atoms with van der Waals surface area (Å²) < 4.78 is 0. The van der Waals surface area contributed by atoms with Crippen molar-refractivity contribution in [2.24, 2.45) is 0 Å². The molecule has 0 aliphatic rings. The minimum atomic E-state index is -1.14. The first-order valence-electron chi connectivity index (χ1n) is 8.29. The van der Waals surface area contributed by atoms with Gasteiger partial charge in [0.25, 0.3) is 0 Å². The molecule has 4 N–H and O–H groups in total. The van der Waals surface area contributed by atoms with Gasteiger partial charge in [-0.1, -0.05) is 33.1 Å². The van der Waals surface area contributed by atoms with E-state index in [2.05, 4.69) is 6.92 Å². The lowest BCUT2D eigenvalue weighted by Gasteiger charge is -2.01. The quantitative estimate of drug-likeness (QED) is 0.272. The topological polar surface area (TPSA) is 161 Å². The van der Waals surface area contributed by atoms with Crippen LogP contribution < -0.4 is 10.2 Å². The average molecular weight is 352 g/mol. The van der Waals surface area contributed by atoms with E-state index in [9.17, 15) is 19.8 Å². The summed E-state index contributed by atoms with van der Waals surface area (Å²) in [5.41, 5.74) is 0. The fourth-order valence-corrected chi connectivity index (χ4v) is 1.37. The molecule has 0 aromatic carbocycles. The number of hydrogen-bond donors (Lipinski definition) is 4. The van der Waals surface area contributed by atoms with E-state index in [4.69, 9.17) is 20.4 Å². The summed E-state index contributed by atoms with van der Waals surface area (Å²) in [6.45, 7) is 3.99. The van der Waals surface area contributed by atoms with E-state index in [1.165, 1.54) is 0 Å². The molecule has 24 heavy (non-hydrogen) atoms. The number of aliphatic carboxylic acids is 2. The minimum absolute atomic E-state index is 0.0761. The van der Waals surface area contributed by atoms with Crippen LogP contribution in [0, 0.1) is 0 Å². The predicted octanol–water partition coefficient (Wildman–Crippen LogP) is -0.979. The lowest BCUT2D eigenvalue weighted by atomic mass is 10.2. The standard InChI is InChI=1S/C6H10O4.C6H14O2.C4H10O2/c7-5(8)3-1-2-4-6(9)10;1-2-3-4-5-6(7)8;1-2-3-4(5)6/h1-4H2,(H,7,8)(H,9,10);6-8H,2-5H2,1H3;4-6H,2-3H2,1H3/p-2. The first kappa shape index (κ1) is 27.6. The summed E-state index contributed by atoms with van der Waals surface area (Å²) in [5.74, 6) is -2.28. The molecule has 0 spiro atoms. The number of aliphatic hydroxyl groups is 4. The van der Waals surface area contributed by atoms with Crippen LogP contribution in [-0.2, 0) is 9.59 Å². The highest BCUT2D eigenvalue weighted by Crippen LogP contribution is 2.00. The predicted molar refractivity (Wildman–Crippen MR) is 84.0 cm³/mol. The second kappa shape index (κ2) is 21.8. The molecule has 0 amide bonds. The van der Waals surface area contributed by atoms with E-state index >= 15 is 0 Å². The minimum Gasteiger partial charge on any atom is -0.550 e. The Morgan fingerprint density at radius 3 is 1.33 bits per heavy atom. The fourth-order valence-electron chi connectivity index (χ4n) is 1.37. The van der Waals surface area contributed by atoms with Crippen molar-refractivity contribution in [3.8, 4) is 0 Å². The summed E-state index contributed by atoms with van der Waals surface area (Å²) >= 11 is 0. The lowest BCUT2D eigenvalue weighted by Crippen LogP contribution is -2.23. The zero-order valence-corrected chi connectivity index (χ0v) is 14.6. The van der Waals surface area contributed by atoms with Gasteiger partial charge in [0.1, 0.15) is 0 Å². The van der Waals surface area contributed by atoms with Gasteiger partial charge in [0.15, 0.2) is 12.6 Å². The van der Waals surface area contributed by atoms with E-state index in [0.29, 0.717) is 25.7 Å². The second-order valence-corrected chi connectivity index (χ2v) is 5.20. The van der Waals surface area contributed by atoms with Crippen LogP contribution in [0.3, 0.4) is 0 Å². The molecule has 146 valence electrons. The molecule has 0 aromatic heterocycles. The van der Waals surface area contributed by atoms with Crippen molar-refractivity contribution in [3.05, 3.63) is 0 Å². The van der Waals surface area contributed by atoms with Crippen molar-refractivity contribution in [2.75, 3.05) is 0 Å². The number of carboxylic acid groups (broad SMARTS) is 2. The maximum absolute atomic E-state index is 9.77. The van der Waals surface area contributed by atoms with Crippen molar-refractivity contribution in [1.29, 1.82) is 0 Å². The number of aliphatic hydroxyl groups excluding tert-OH is 2. The van der Waals surface area contributed by atoms with Gasteiger partial charge in [-0.05, 0) is 44.9 Å². The molecule has 0 aliphatic heterocycles. The van der Waals surface area contributed by atoms with Crippen LogP contribution >= 0.6 is 0 Å². The van der Waals surface area contributed by atoms with Crippen molar-refractivity contribution in [2.45, 2.75) is 90.6 Å². The van der Waals surface area contributed by atoms with Crippen molar-refractivity contribution >= 4 is 11.9 Å². The van der Waals surface area contributed by atoms with Gasteiger partial charge in [0.05, 0.1) is 0 Å². The molecule has 0 heterocycles. The van der Waals surface area contributed by atoms with Crippen molar-refractivity contribution < 1.29 is 40.2 Å². The molecule has 0 saturated carbocycles. The monoisotopic (exact) mass is 352 g/mol. The third kappa shape index (κ3) is 42.8. The summed E-state index contributed by atoms with van der Waals surface area (Å²) in [7, 11) is 0. The molecule has 8 heteroatoms. The maximum Gasteiger partial charge on any atom is 0.151 e. The highest BCUT2D eigenvalue weighted by molar-refractivity contribution is 5.65. The summed E-state index contributed by atoms with van der Waals surface area (Å²) in [5, 5.41) is 52.4. The summed E-state index contributed by atoms with van der Waals surface area (Å²) in [6, 6.07) is 0. The normalized spacial score (nSPS) is 9.83. The Balaban J connectivity index is -0.000000285. The Morgan fingerprint density at radius 1 is 0.708 bits per heavy atom. The Morgan fingerprint density at radius 2 is 1.12 bits per heavy atom. The Labute approximate surface area is 143 Å². The Kier molecular flexibility index (Phi) is 25.1. The van der Waals surface area contributed by atoms with Gasteiger partial charge in [0.2, 0.25) is 0 Å². The van der Waals surface area contributed by atoms with Crippen LogP contribution in [-0.4, -0.2) is 44.9 Å². The van der Waals surface area contributed by atoms with Crippen LogP contribution in [0.4, 0.5) is 0 Å². The smallest absolute Gasteiger partial charge is 0.151 e. The van der Waals surface area contributed by atoms with Gasteiger partial charge >= 0.3 is 0 Å².